The number of aryl methyl sites for hydroxylation is 1. The molecule has 1 aromatic heterocycles. The number of amides is 1. The molecule has 2 N–H and O–H groups in total. The molecule has 1 amide bonds. The first-order valence-corrected chi connectivity index (χ1v) is 7.96. The Hall–Kier alpha value is -1.33. The Kier molecular flexibility index (Phi) is 7.10. The second kappa shape index (κ2) is 8.34. The van der Waals surface area contributed by atoms with Gasteiger partial charge in [0.25, 0.3) is 0 Å². The van der Waals surface area contributed by atoms with E-state index in [1.54, 1.807) is 10.8 Å². The third kappa shape index (κ3) is 5.14. The van der Waals surface area contributed by atoms with Gasteiger partial charge in [-0.25, -0.2) is 0 Å². The molecule has 1 rings (SSSR count). The van der Waals surface area contributed by atoms with Crippen LogP contribution < -0.4 is 5.32 Å². The van der Waals surface area contributed by atoms with Gasteiger partial charge in [0, 0.05) is 18.2 Å². The van der Waals surface area contributed by atoms with E-state index in [0.29, 0.717) is 11.1 Å². The van der Waals surface area contributed by atoms with Gasteiger partial charge in [0.05, 0.1) is 18.3 Å². The zero-order valence-electron chi connectivity index (χ0n) is 13.9. The Balaban J connectivity index is 2.81. The van der Waals surface area contributed by atoms with Gasteiger partial charge in [-0.2, -0.15) is 5.10 Å². The molecule has 0 aliphatic carbocycles. The zero-order valence-corrected chi connectivity index (χ0v) is 14.7. The highest BCUT2D eigenvalue weighted by Crippen LogP contribution is 2.22. The minimum absolute atomic E-state index is 0.0800. The maximum absolute atomic E-state index is 11.9. The Morgan fingerprint density at radius 1 is 1.41 bits per heavy atom. The molecule has 0 aliphatic heterocycles. The number of hydrogen-bond acceptors (Lipinski definition) is 3. The number of aliphatic hydroxyl groups excluding tert-OH is 1. The van der Waals surface area contributed by atoms with Crippen molar-refractivity contribution in [3.8, 4) is 0 Å². The summed E-state index contributed by atoms with van der Waals surface area (Å²) in [6.45, 7) is 10.6. The van der Waals surface area contributed by atoms with Crippen LogP contribution in [0, 0.1) is 18.8 Å². The molecule has 0 fully saturated rings. The minimum Gasteiger partial charge on any atom is -0.394 e. The largest absolute Gasteiger partial charge is 0.394 e. The van der Waals surface area contributed by atoms with E-state index in [-0.39, 0.29) is 24.5 Å². The van der Waals surface area contributed by atoms with Crippen LogP contribution in [0.15, 0.2) is 6.08 Å². The van der Waals surface area contributed by atoms with Crippen LogP contribution in [0.2, 0.25) is 5.15 Å². The molecule has 0 unspecified atom stereocenters. The van der Waals surface area contributed by atoms with Gasteiger partial charge in [-0.1, -0.05) is 39.3 Å². The lowest BCUT2D eigenvalue weighted by Gasteiger charge is -2.18. The molecule has 0 bridgehead atoms. The summed E-state index contributed by atoms with van der Waals surface area (Å²) in [5.41, 5.74) is 1.54. The van der Waals surface area contributed by atoms with E-state index in [1.165, 1.54) is 6.08 Å². The molecule has 0 aliphatic rings. The standard InChI is InChI=1S/C16H26ClN3O2/c1-10(2)8-20-16(17)13(12(5)19-20)6-7-15(22)18-14(9-21)11(3)4/h6-7,10-11,14,21H,8-9H2,1-5H3,(H,18,22)/b7-6+/t14-/m1/s1. The summed E-state index contributed by atoms with van der Waals surface area (Å²) >= 11 is 6.32. The number of nitrogens with zero attached hydrogens (tertiary/aromatic N) is 2. The first-order valence-electron chi connectivity index (χ1n) is 7.58. The van der Waals surface area contributed by atoms with Gasteiger partial charge in [-0.3, -0.25) is 9.48 Å². The molecule has 0 aromatic carbocycles. The third-order valence-corrected chi connectivity index (χ3v) is 3.78. The number of aromatic nitrogens is 2. The lowest BCUT2D eigenvalue weighted by Crippen LogP contribution is -2.40. The van der Waals surface area contributed by atoms with E-state index >= 15 is 0 Å². The molecule has 5 nitrogen and oxygen atoms in total. The van der Waals surface area contributed by atoms with Crippen LogP contribution in [-0.2, 0) is 11.3 Å². The summed E-state index contributed by atoms with van der Waals surface area (Å²) in [5, 5.41) is 16.9. The predicted octanol–water partition coefficient (Wildman–Crippen LogP) is 2.65. The second-order valence-electron chi connectivity index (χ2n) is 6.24. The van der Waals surface area contributed by atoms with Gasteiger partial charge in [-0.05, 0) is 24.8 Å². The van der Waals surface area contributed by atoms with Crippen molar-refractivity contribution in [3.05, 3.63) is 22.5 Å². The number of aliphatic hydroxyl groups is 1. The summed E-state index contributed by atoms with van der Waals surface area (Å²) in [4.78, 5) is 11.9. The maximum Gasteiger partial charge on any atom is 0.244 e. The highest BCUT2D eigenvalue weighted by atomic mass is 35.5. The zero-order chi connectivity index (χ0) is 16.9. The van der Waals surface area contributed by atoms with Crippen molar-refractivity contribution >= 4 is 23.6 Å². The van der Waals surface area contributed by atoms with Crippen molar-refractivity contribution in [2.24, 2.45) is 11.8 Å². The number of carbonyl (C=O) groups excluding carboxylic acids is 1. The van der Waals surface area contributed by atoms with E-state index in [1.807, 2.05) is 20.8 Å². The summed E-state index contributed by atoms with van der Waals surface area (Å²) in [6.07, 6.45) is 3.10. The molecule has 6 heteroatoms. The molecular weight excluding hydrogens is 302 g/mol. The molecule has 1 atom stereocenters. The molecule has 1 aromatic rings. The van der Waals surface area contributed by atoms with Crippen molar-refractivity contribution < 1.29 is 9.90 Å². The first-order chi connectivity index (χ1) is 10.3. The summed E-state index contributed by atoms with van der Waals surface area (Å²) in [7, 11) is 0. The molecule has 0 saturated carbocycles. The van der Waals surface area contributed by atoms with Crippen LogP contribution in [0.1, 0.15) is 39.0 Å². The molecule has 124 valence electrons. The lowest BCUT2D eigenvalue weighted by atomic mass is 10.1. The number of carbonyl (C=O) groups is 1. The van der Waals surface area contributed by atoms with Gasteiger partial charge in [0.2, 0.25) is 5.91 Å². The molecule has 22 heavy (non-hydrogen) atoms. The normalized spacial score (nSPS) is 13.3. The minimum atomic E-state index is -0.252. The van der Waals surface area contributed by atoms with Gasteiger partial charge in [0.15, 0.2) is 0 Å². The molecule has 0 saturated heterocycles. The summed E-state index contributed by atoms with van der Waals surface area (Å²) < 4.78 is 1.75. The van der Waals surface area contributed by atoms with Crippen LogP contribution in [-0.4, -0.2) is 33.4 Å². The first kappa shape index (κ1) is 18.7. The van der Waals surface area contributed by atoms with Crippen molar-refractivity contribution in [2.45, 2.75) is 47.2 Å². The van der Waals surface area contributed by atoms with Crippen molar-refractivity contribution in [1.82, 2.24) is 15.1 Å². The quantitative estimate of drug-likeness (QED) is 0.757. The highest BCUT2D eigenvalue weighted by Gasteiger charge is 2.15. The molecule has 0 spiro atoms. The number of nitrogens with one attached hydrogen (secondary N) is 1. The van der Waals surface area contributed by atoms with Crippen LogP contribution in [0.5, 0.6) is 0 Å². The van der Waals surface area contributed by atoms with E-state index in [9.17, 15) is 9.90 Å². The Morgan fingerprint density at radius 3 is 2.55 bits per heavy atom. The molecule has 0 radical (unpaired) electrons. The van der Waals surface area contributed by atoms with Crippen LogP contribution >= 0.6 is 11.6 Å². The van der Waals surface area contributed by atoms with Gasteiger partial charge in [-0.15, -0.1) is 0 Å². The molecule has 1 heterocycles. The van der Waals surface area contributed by atoms with E-state index < -0.39 is 0 Å². The third-order valence-electron chi connectivity index (χ3n) is 3.38. The Labute approximate surface area is 137 Å². The average Bonchev–Trinajstić information content (AvgIpc) is 2.67. The van der Waals surface area contributed by atoms with Crippen LogP contribution in [0.4, 0.5) is 0 Å². The lowest BCUT2D eigenvalue weighted by molar-refractivity contribution is -0.117. The Morgan fingerprint density at radius 2 is 2.05 bits per heavy atom. The number of halogens is 1. The Bertz CT molecular complexity index is 536. The van der Waals surface area contributed by atoms with Crippen molar-refractivity contribution in [1.29, 1.82) is 0 Å². The fraction of sp³-hybridized carbons (Fsp3) is 0.625. The summed E-state index contributed by atoms with van der Waals surface area (Å²) in [5.74, 6) is 0.356. The molecular formula is C16H26ClN3O2. The van der Waals surface area contributed by atoms with Gasteiger partial charge < -0.3 is 10.4 Å². The number of rotatable bonds is 7. The smallest absolute Gasteiger partial charge is 0.244 e. The van der Waals surface area contributed by atoms with Gasteiger partial charge >= 0.3 is 0 Å². The fourth-order valence-electron chi connectivity index (χ4n) is 2.04. The highest BCUT2D eigenvalue weighted by molar-refractivity contribution is 6.31. The maximum atomic E-state index is 11.9. The van der Waals surface area contributed by atoms with Gasteiger partial charge in [0.1, 0.15) is 5.15 Å². The van der Waals surface area contributed by atoms with Crippen molar-refractivity contribution in [3.63, 3.8) is 0 Å². The second-order valence-corrected chi connectivity index (χ2v) is 6.60. The predicted molar refractivity (Wildman–Crippen MR) is 89.7 cm³/mol. The monoisotopic (exact) mass is 327 g/mol. The number of hydrogen-bond donors (Lipinski definition) is 2. The fourth-order valence-corrected chi connectivity index (χ4v) is 2.34. The SMILES string of the molecule is Cc1nn(CC(C)C)c(Cl)c1/C=C/C(=O)N[C@H](CO)C(C)C. The summed E-state index contributed by atoms with van der Waals surface area (Å²) in [6, 6.07) is -0.252. The van der Waals surface area contributed by atoms with Crippen LogP contribution in [0.3, 0.4) is 0 Å². The average molecular weight is 328 g/mol. The van der Waals surface area contributed by atoms with E-state index in [0.717, 1.165) is 17.8 Å². The topological polar surface area (TPSA) is 67.2 Å². The van der Waals surface area contributed by atoms with E-state index in [2.05, 4.69) is 24.3 Å². The van der Waals surface area contributed by atoms with Crippen LogP contribution in [0.25, 0.3) is 6.08 Å². The van der Waals surface area contributed by atoms with E-state index in [4.69, 9.17) is 11.6 Å². The van der Waals surface area contributed by atoms with Crippen molar-refractivity contribution in [2.75, 3.05) is 6.61 Å².